The Hall–Kier alpha value is -2.82. The molecule has 2 fully saturated rings. The fourth-order valence-corrected chi connectivity index (χ4v) is 5.54. The summed E-state index contributed by atoms with van der Waals surface area (Å²) in [5, 5.41) is 10.2. The Kier molecular flexibility index (Phi) is 5.54. The summed E-state index contributed by atoms with van der Waals surface area (Å²) in [7, 11) is 0. The topological polar surface area (TPSA) is 60.9 Å². The molecule has 2 heterocycles. The summed E-state index contributed by atoms with van der Waals surface area (Å²) in [6.45, 7) is 7.65. The van der Waals surface area contributed by atoms with Crippen molar-refractivity contribution in [2.45, 2.75) is 51.0 Å². The quantitative estimate of drug-likeness (QED) is 0.764. The minimum Gasteiger partial charge on any atom is -0.465 e. The molecule has 0 bridgehead atoms. The average Bonchev–Trinajstić information content (AvgIpc) is 3.41. The number of carbonyl (C=O) groups excluding carboxylic acids is 1. The van der Waals surface area contributed by atoms with Crippen LogP contribution in [0.2, 0.25) is 0 Å². The van der Waals surface area contributed by atoms with Crippen molar-refractivity contribution in [3.8, 4) is 0 Å². The molecule has 0 aromatic heterocycles. The third-order valence-electron chi connectivity index (χ3n) is 7.25. The van der Waals surface area contributed by atoms with E-state index < -0.39 is 17.0 Å². The maximum absolute atomic E-state index is 14.1. The standard InChI is InChI=1S/C26H32N2O3/c1-25(2,3)26(16-22(18-28(26)24(30)31)20-12-8-5-9-13-20)23(29)27-15-14-21(17-27)19-10-6-4-7-11-19/h4-13,21-22H,14-18H2,1-3H3,(H,30,31)/t21-,22-,26+/m0/s1. The highest BCUT2D eigenvalue weighted by molar-refractivity contribution is 5.92. The third kappa shape index (κ3) is 3.71. The largest absolute Gasteiger partial charge is 0.465 e. The van der Waals surface area contributed by atoms with Crippen LogP contribution in [0.1, 0.15) is 56.6 Å². The number of likely N-dealkylation sites (tertiary alicyclic amines) is 2. The van der Waals surface area contributed by atoms with E-state index in [9.17, 15) is 14.7 Å². The molecule has 0 aliphatic carbocycles. The van der Waals surface area contributed by atoms with Gasteiger partial charge in [-0.1, -0.05) is 81.4 Å². The van der Waals surface area contributed by atoms with E-state index in [1.807, 2.05) is 74.2 Å². The monoisotopic (exact) mass is 420 g/mol. The summed E-state index contributed by atoms with van der Waals surface area (Å²) in [6.07, 6.45) is 0.407. The Morgan fingerprint density at radius 3 is 1.97 bits per heavy atom. The smallest absolute Gasteiger partial charge is 0.408 e. The van der Waals surface area contributed by atoms with Crippen molar-refractivity contribution in [2.75, 3.05) is 19.6 Å². The van der Waals surface area contributed by atoms with Gasteiger partial charge in [0.25, 0.3) is 0 Å². The molecule has 2 amide bonds. The third-order valence-corrected chi connectivity index (χ3v) is 7.25. The molecule has 2 aliphatic heterocycles. The molecule has 2 aromatic carbocycles. The van der Waals surface area contributed by atoms with Crippen molar-refractivity contribution < 1.29 is 14.7 Å². The zero-order valence-electron chi connectivity index (χ0n) is 18.6. The molecular weight excluding hydrogens is 388 g/mol. The van der Waals surface area contributed by atoms with Crippen LogP contribution in [-0.2, 0) is 4.79 Å². The Balaban J connectivity index is 1.67. The lowest BCUT2D eigenvalue weighted by Gasteiger charge is -2.47. The molecule has 4 rings (SSSR count). The predicted octanol–water partition coefficient (Wildman–Crippen LogP) is 4.95. The first kappa shape index (κ1) is 21.4. The minimum absolute atomic E-state index is 0.00741. The van der Waals surface area contributed by atoms with Gasteiger partial charge in [-0.25, -0.2) is 4.79 Å². The van der Waals surface area contributed by atoms with E-state index in [0.29, 0.717) is 32.0 Å². The fourth-order valence-electron chi connectivity index (χ4n) is 5.54. The second-order valence-corrected chi connectivity index (χ2v) is 9.96. The summed E-state index contributed by atoms with van der Waals surface area (Å²) in [4.78, 5) is 29.8. The zero-order chi connectivity index (χ0) is 22.2. The number of carbonyl (C=O) groups is 2. The maximum Gasteiger partial charge on any atom is 0.408 e. The molecule has 0 radical (unpaired) electrons. The Bertz CT molecular complexity index is 938. The molecule has 2 aromatic rings. The Morgan fingerprint density at radius 1 is 0.903 bits per heavy atom. The highest BCUT2D eigenvalue weighted by atomic mass is 16.4. The zero-order valence-corrected chi connectivity index (χ0v) is 18.6. The lowest BCUT2D eigenvalue weighted by atomic mass is 9.69. The number of amides is 2. The first-order valence-corrected chi connectivity index (χ1v) is 11.1. The van der Waals surface area contributed by atoms with Crippen LogP contribution in [0.4, 0.5) is 4.79 Å². The van der Waals surface area contributed by atoms with Gasteiger partial charge in [0, 0.05) is 31.5 Å². The Morgan fingerprint density at radius 2 is 1.45 bits per heavy atom. The lowest BCUT2D eigenvalue weighted by molar-refractivity contribution is -0.147. The van der Waals surface area contributed by atoms with Gasteiger partial charge in [0.1, 0.15) is 5.54 Å². The van der Waals surface area contributed by atoms with Gasteiger partial charge in [0.05, 0.1) is 0 Å². The number of nitrogens with zero attached hydrogens (tertiary/aromatic N) is 2. The van der Waals surface area contributed by atoms with Crippen molar-refractivity contribution in [1.82, 2.24) is 9.80 Å². The van der Waals surface area contributed by atoms with E-state index in [2.05, 4.69) is 12.1 Å². The number of carboxylic acid groups (broad SMARTS) is 1. The number of benzene rings is 2. The molecule has 5 nitrogen and oxygen atoms in total. The van der Waals surface area contributed by atoms with Gasteiger partial charge in [0.15, 0.2) is 0 Å². The second kappa shape index (κ2) is 8.03. The van der Waals surface area contributed by atoms with Crippen LogP contribution in [0.25, 0.3) is 0 Å². The van der Waals surface area contributed by atoms with Crippen molar-refractivity contribution in [1.29, 1.82) is 0 Å². The number of hydrogen-bond acceptors (Lipinski definition) is 2. The molecule has 3 atom stereocenters. The van der Waals surface area contributed by atoms with E-state index in [0.717, 1.165) is 12.0 Å². The van der Waals surface area contributed by atoms with Crippen LogP contribution in [0, 0.1) is 5.41 Å². The average molecular weight is 421 g/mol. The fraction of sp³-hybridized carbons (Fsp3) is 0.462. The van der Waals surface area contributed by atoms with Crippen LogP contribution in [0.15, 0.2) is 60.7 Å². The minimum atomic E-state index is -1.08. The van der Waals surface area contributed by atoms with Gasteiger partial charge >= 0.3 is 6.09 Å². The van der Waals surface area contributed by atoms with Crippen LogP contribution in [-0.4, -0.2) is 52.1 Å². The van der Waals surface area contributed by atoms with Gasteiger partial charge in [-0.3, -0.25) is 9.69 Å². The van der Waals surface area contributed by atoms with Gasteiger partial charge in [-0.05, 0) is 29.4 Å². The molecule has 2 aliphatic rings. The van der Waals surface area contributed by atoms with Gasteiger partial charge in [-0.2, -0.15) is 0 Å². The molecule has 31 heavy (non-hydrogen) atoms. The van der Waals surface area contributed by atoms with Crippen molar-refractivity contribution in [3.63, 3.8) is 0 Å². The molecule has 1 N–H and O–H groups in total. The van der Waals surface area contributed by atoms with E-state index in [4.69, 9.17) is 0 Å². The molecule has 164 valence electrons. The number of hydrogen-bond donors (Lipinski definition) is 1. The van der Waals surface area contributed by atoms with E-state index >= 15 is 0 Å². The Labute approximate surface area is 184 Å². The lowest BCUT2D eigenvalue weighted by Crippen LogP contribution is -2.64. The summed E-state index contributed by atoms with van der Waals surface area (Å²) in [5.74, 6) is 0.263. The van der Waals surface area contributed by atoms with Crippen LogP contribution < -0.4 is 0 Å². The summed E-state index contributed by atoms with van der Waals surface area (Å²) in [5.41, 5.74) is 0.726. The maximum atomic E-state index is 14.1. The van der Waals surface area contributed by atoms with E-state index in [1.165, 1.54) is 10.5 Å². The van der Waals surface area contributed by atoms with Gasteiger partial charge in [-0.15, -0.1) is 0 Å². The molecular formula is C26H32N2O3. The van der Waals surface area contributed by atoms with Crippen LogP contribution >= 0.6 is 0 Å². The normalized spacial score (nSPS) is 26.3. The predicted molar refractivity (Wildman–Crippen MR) is 121 cm³/mol. The van der Waals surface area contributed by atoms with Crippen molar-refractivity contribution in [3.05, 3.63) is 71.8 Å². The first-order valence-electron chi connectivity index (χ1n) is 11.1. The van der Waals surface area contributed by atoms with E-state index in [-0.39, 0.29) is 11.8 Å². The number of rotatable bonds is 3. The van der Waals surface area contributed by atoms with Crippen LogP contribution in [0.3, 0.4) is 0 Å². The van der Waals surface area contributed by atoms with Crippen LogP contribution in [0.5, 0.6) is 0 Å². The van der Waals surface area contributed by atoms with Crippen molar-refractivity contribution in [2.24, 2.45) is 5.41 Å². The summed E-state index contributed by atoms with van der Waals surface area (Å²) in [6, 6.07) is 20.3. The second-order valence-electron chi connectivity index (χ2n) is 9.96. The SMILES string of the molecule is CC(C)(C)[C@]1(C(=O)N2CC[C@H](c3ccccc3)C2)C[C@H](c2ccccc2)CN1C(=O)O. The first-order chi connectivity index (χ1) is 14.7. The molecule has 5 heteroatoms. The van der Waals surface area contributed by atoms with Gasteiger partial charge in [0.2, 0.25) is 5.91 Å². The van der Waals surface area contributed by atoms with E-state index in [1.54, 1.807) is 0 Å². The van der Waals surface area contributed by atoms with Crippen molar-refractivity contribution >= 4 is 12.0 Å². The summed E-state index contributed by atoms with van der Waals surface area (Å²) >= 11 is 0. The summed E-state index contributed by atoms with van der Waals surface area (Å²) < 4.78 is 0. The molecule has 0 unspecified atom stereocenters. The molecule has 0 spiro atoms. The highest BCUT2D eigenvalue weighted by Crippen LogP contribution is 2.50. The van der Waals surface area contributed by atoms with Gasteiger partial charge < -0.3 is 10.0 Å². The molecule has 2 saturated heterocycles. The highest BCUT2D eigenvalue weighted by Gasteiger charge is 2.61. The molecule has 0 saturated carbocycles.